The number of rotatable bonds is 4. The topological polar surface area (TPSA) is 26.0 Å². The first-order valence-electron chi connectivity index (χ1n) is 4.60. The van der Waals surface area contributed by atoms with E-state index in [0.29, 0.717) is 4.75 Å². The van der Waals surface area contributed by atoms with Crippen LogP contribution in [0.5, 0.6) is 0 Å². The molecule has 0 radical (unpaired) electrons. The zero-order chi connectivity index (χ0) is 8.32. The van der Waals surface area contributed by atoms with Crippen LogP contribution in [0, 0.1) is 5.92 Å². The zero-order valence-corrected chi connectivity index (χ0v) is 8.41. The summed E-state index contributed by atoms with van der Waals surface area (Å²) in [5, 5.41) is 0. The summed E-state index contributed by atoms with van der Waals surface area (Å²) >= 11 is 2.06. The van der Waals surface area contributed by atoms with Gasteiger partial charge in [0.1, 0.15) is 0 Å². The molecule has 0 heterocycles. The largest absolute Gasteiger partial charge is 0.329 e. The van der Waals surface area contributed by atoms with Gasteiger partial charge in [0.15, 0.2) is 0 Å². The summed E-state index contributed by atoms with van der Waals surface area (Å²) < 4.78 is 0.482. The van der Waals surface area contributed by atoms with Crippen LogP contribution in [0.3, 0.4) is 0 Å². The molecule has 0 amide bonds. The lowest BCUT2D eigenvalue weighted by molar-refractivity contribution is 0.229. The van der Waals surface area contributed by atoms with Crippen LogP contribution in [-0.4, -0.2) is 17.0 Å². The number of thioether (sulfide) groups is 1. The van der Waals surface area contributed by atoms with Crippen LogP contribution in [0.15, 0.2) is 0 Å². The molecular formula is C9H19NS. The van der Waals surface area contributed by atoms with E-state index in [2.05, 4.69) is 25.6 Å². The molecule has 0 aromatic carbocycles. The summed E-state index contributed by atoms with van der Waals surface area (Å²) in [6.07, 6.45) is 4.06. The molecule has 1 rings (SSSR count). The molecule has 1 aliphatic rings. The first kappa shape index (κ1) is 9.40. The van der Waals surface area contributed by atoms with E-state index >= 15 is 0 Å². The van der Waals surface area contributed by atoms with Crippen LogP contribution in [0.2, 0.25) is 0 Å². The van der Waals surface area contributed by atoms with Gasteiger partial charge in [-0.2, -0.15) is 11.8 Å². The summed E-state index contributed by atoms with van der Waals surface area (Å²) in [6, 6.07) is 0. The maximum Gasteiger partial charge on any atom is 0.0287 e. The highest BCUT2D eigenvalue weighted by Gasteiger charge is 2.41. The maximum absolute atomic E-state index is 5.75. The van der Waals surface area contributed by atoms with E-state index in [1.165, 1.54) is 25.0 Å². The zero-order valence-electron chi connectivity index (χ0n) is 7.60. The molecule has 0 aromatic heterocycles. The van der Waals surface area contributed by atoms with Gasteiger partial charge in [0.25, 0.3) is 0 Å². The van der Waals surface area contributed by atoms with E-state index in [9.17, 15) is 0 Å². The first-order chi connectivity index (χ1) is 5.26. The van der Waals surface area contributed by atoms with Crippen molar-refractivity contribution in [3.05, 3.63) is 0 Å². The first-order valence-corrected chi connectivity index (χ1v) is 5.59. The van der Waals surface area contributed by atoms with Gasteiger partial charge in [-0.1, -0.05) is 20.3 Å². The molecule has 0 aromatic rings. The Hall–Kier alpha value is 0.310. The SMILES string of the molecule is CCSC1(CN)CC(CC)C1. The van der Waals surface area contributed by atoms with Crippen molar-refractivity contribution in [1.82, 2.24) is 0 Å². The minimum absolute atomic E-state index is 0.482. The van der Waals surface area contributed by atoms with Crippen molar-refractivity contribution in [2.45, 2.75) is 37.9 Å². The van der Waals surface area contributed by atoms with Gasteiger partial charge in [0.05, 0.1) is 0 Å². The molecule has 1 fully saturated rings. The summed E-state index contributed by atoms with van der Waals surface area (Å²) in [4.78, 5) is 0. The molecule has 66 valence electrons. The van der Waals surface area contributed by atoms with Crippen LogP contribution < -0.4 is 5.73 Å². The highest BCUT2D eigenvalue weighted by molar-refractivity contribution is 8.00. The van der Waals surface area contributed by atoms with Gasteiger partial charge in [-0.25, -0.2) is 0 Å². The average molecular weight is 173 g/mol. The van der Waals surface area contributed by atoms with E-state index in [4.69, 9.17) is 5.73 Å². The van der Waals surface area contributed by atoms with Crippen molar-refractivity contribution in [3.8, 4) is 0 Å². The summed E-state index contributed by atoms with van der Waals surface area (Å²) in [5.74, 6) is 2.19. The number of nitrogens with two attached hydrogens (primary N) is 1. The normalized spacial score (nSPS) is 36.8. The molecule has 0 bridgehead atoms. The van der Waals surface area contributed by atoms with Crippen LogP contribution in [0.4, 0.5) is 0 Å². The van der Waals surface area contributed by atoms with Crippen LogP contribution >= 0.6 is 11.8 Å². The third-order valence-electron chi connectivity index (χ3n) is 2.72. The second kappa shape index (κ2) is 3.81. The van der Waals surface area contributed by atoms with Gasteiger partial charge < -0.3 is 5.73 Å². The molecule has 1 aliphatic carbocycles. The Bertz CT molecular complexity index is 119. The molecule has 1 nitrogen and oxygen atoms in total. The minimum atomic E-state index is 0.482. The highest BCUT2D eigenvalue weighted by Crippen LogP contribution is 2.48. The molecule has 0 spiro atoms. The maximum atomic E-state index is 5.75. The van der Waals surface area contributed by atoms with E-state index in [-0.39, 0.29) is 0 Å². The summed E-state index contributed by atoms with van der Waals surface area (Å²) in [7, 11) is 0. The van der Waals surface area contributed by atoms with Crippen LogP contribution in [0.25, 0.3) is 0 Å². The van der Waals surface area contributed by atoms with Crippen molar-refractivity contribution in [2.75, 3.05) is 12.3 Å². The Labute approximate surface area is 74.1 Å². The van der Waals surface area contributed by atoms with Crippen molar-refractivity contribution in [3.63, 3.8) is 0 Å². The third-order valence-corrected chi connectivity index (χ3v) is 4.12. The predicted octanol–water partition coefficient (Wildman–Crippen LogP) is 2.26. The van der Waals surface area contributed by atoms with Gasteiger partial charge in [-0.3, -0.25) is 0 Å². The second-order valence-electron chi connectivity index (χ2n) is 3.50. The monoisotopic (exact) mass is 173 g/mol. The Morgan fingerprint density at radius 2 is 2.09 bits per heavy atom. The highest BCUT2D eigenvalue weighted by atomic mass is 32.2. The van der Waals surface area contributed by atoms with Gasteiger partial charge >= 0.3 is 0 Å². The van der Waals surface area contributed by atoms with E-state index in [1.807, 2.05) is 0 Å². The van der Waals surface area contributed by atoms with Crippen molar-refractivity contribution in [2.24, 2.45) is 11.7 Å². The number of hydrogen-bond acceptors (Lipinski definition) is 2. The molecule has 0 saturated heterocycles. The number of hydrogen-bond donors (Lipinski definition) is 1. The lowest BCUT2D eigenvalue weighted by Gasteiger charge is -2.46. The summed E-state index contributed by atoms with van der Waals surface area (Å²) in [6.45, 7) is 5.38. The molecule has 0 aliphatic heterocycles. The average Bonchev–Trinajstić information content (AvgIpc) is 1.96. The standard InChI is InChI=1S/C9H19NS/c1-3-8-5-9(6-8,7-10)11-4-2/h8H,3-7,10H2,1-2H3. The Balaban J connectivity index is 2.30. The molecule has 2 N–H and O–H groups in total. The van der Waals surface area contributed by atoms with E-state index < -0.39 is 0 Å². The molecule has 0 unspecified atom stereocenters. The Kier molecular flexibility index (Phi) is 3.26. The van der Waals surface area contributed by atoms with Crippen molar-refractivity contribution < 1.29 is 0 Å². The quantitative estimate of drug-likeness (QED) is 0.705. The fourth-order valence-electron chi connectivity index (χ4n) is 1.93. The lowest BCUT2D eigenvalue weighted by atomic mass is 9.73. The van der Waals surface area contributed by atoms with Crippen LogP contribution in [0.1, 0.15) is 33.1 Å². The predicted molar refractivity (Wildman–Crippen MR) is 52.9 cm³/mol. The smallest absolute Gasteiger partial charge is 0.0287 e. The van der Waals surface area contributed by atoms with E-state index in [1.54, 1.807) is 0 Å². The second-order valence-corrected chi connectivity index (χ2v) is 5.23. The third kappa shape index (κ3) is 1.91. The van der Waals surface area contributed by atoms with Gasteiger partial charge in [0, 0.05) is 11.3 Å². The fourth-order valence-corrected chi connectivity index (χ4v) is 3.37. The van der Waals surface area contributed by atoms with Gasteiger partial charge in [0.2, 0.25) is 0 Å². The molecular weight excluding hydrogens is 154 g/mol. The van der Waals surface area contributed by atoms with Gasteiger partial charge in [-0.05, 0) is 24.5 Å². The fraction of sp³-hybridized carbons (Fsp3) is 1.00. The minimum Gasteiger partial charge on any atom is -0.329 e. The summed E-state index contributed by atoms with van der Waals surface area (Å²) in [5.41, 5.74) is 5.75. The van der Waals surface area contributed by atoms with Crippen molar-refractivity contribution in [1.29, 1.82) is 0 Å². The van der Waals surface area contributed by atoms with Gasteiger partial charge in [-0.15, -0.1) is 0 Å². The molecule has 11 heavy (non-hydrogen) atoms. The molecule has 2 heteroatoms. The van der Waals surface area contributed by atoms with Crippen LogP contribution in [-0.2, 0) is 0 Å². The lowest BCUT2D eigenvalue weighted by Crippen LogP contribution is -2.46. The Morgan fingerprint density at radius 3 is 2.45 bits per heavy atom. The Morgan fingerprint density at radius 1 is 1.45 bits per heavy atom. The molecule has 0 atom stereocenters. The van der Waals surface area contributed by atoms with E-state index in [0.717, 1.165) is 12.5 Å². The molecule has 1 saturated carbocycles. The van der Waals surface area contributed by atoms with Crippen molar-refractivity contribution >= 4 is 11.8 Å².